The van der Waals surface area contributed by atoms with Crippen molar-refractivity contribution >= 4 is 29.1 Å². The Hall–Kier alpha value is -0.770. The number of halogens is 2. The minimum Gasteiger partial charge on any atom is -0.353 e. The van der Waals surface area contributed by atoms with Crippen LogP contribution in [0.5, 0.6) is 0 Å². The molecule has 1 aliphatic carbocycles. The van der Waals surface area contributed by atoms with Gasteiger partial charge < -0.3 is 10.6 Å². The summed E-state index contributed by atoms with van der Waals surface area (Å²) in [6.07, 6.45) is 5.58. The molecule has 3 aliphatic rings. The van der Waals surface area contributed by atoms with Crippen LogP contribution in [-0.2, 0) is 4.79 Å². The molecule has 2 aliphatic heterocycles. The Morgan fingerprint density at radius 1 is 1.09 bits per heavy atom. The van der Waals surface area contributed by atoms with E-state index in [9.17, 15) is 4.79 Å². The Balaban J connectivity index is 1.35. The van der Waals surface area contributed by atoms with Crippen molar-refractivity contribution in [3.63, 3.8) is 0 Å². The van der Waals surface area contributed by atoms with E-state index in [4.69, 9.17) is 23.2 Å². The highest BCUT2D eigenvalue weighted by molar-refractivity contribution is 6.42. The second-order valence-corrected chi connectivity index (χ2v) is 7.75. The smallest absolute Gasteiger partial charge is 0.223 e. The maximum Gasteiger partial charge on any atom is 0.223 e. The van der Waals surface area contributed by atoms with Crippen LogP contribution in [0.4, 0.5) is 0 Å². The summed E-state index contributed by atoms with van der Waals surface area (Å²) >= 11 is 12.0. The summed E-state index contributed by atoms with van der Waals surface area (Å²) in [6, 6.07) is 7.25. The predicted molar refractivity (Wildman–Crippen MR) is 88.4 cm³/mol. The van der Waals surface area contributed by atoms with Crippen LogP contribution in [0.1, 0.15) is 43.6 Å². The third-order valence-corrected chi connectivity index (χ3v) is 6.06. The van der Waals surface area contributed by atoms with E-state index in [2.05, 4.69) is 10.6 Å². The molecule has 2 bridgehead atoms. The fraction of sp³-hybridized carbons (Fsp3) is 0.588. The quantitative estimate of drug-likeness (QED) is 0.885. The number of hydrogen-bond acceptors (Lipinski definition) is 2. The highest BCUT2D eigenvalue weighted by Crippen LogP contribution is 2.48. The van der Waals surface area contributed by atoms with E-state index in [0.717, 1.165) is 24.8 Å². The number of carbonyl (C=O) groups is 1. The third-order valence-electron chi connectivity index (χ3n) is 5.32. The first-order valence-corrected chi connectivity index (χ1v) is 8.87. The van der Waals surface area contributed by atoms with E-state index in [1.54, 1.807) is 0 Å². The van der Waals surface area contributed by atoms with Crippen molar-refractivity contribution < 1.29 is 4.79 Å². The lowest BCUT2D eigenvalue weighted by atomic mass is 9.99. The topological polar surface area (TPSA) is 41.1 Å². The summed E-state index contributed by atoms with van der Waals surface area (Å²) in [7, 11) is 0. The number of amides is 1. The third kappa shape index (κ3) is 2.86. The zero-order chi connectivity index (χ0) is 15.3. The number of rotatable bonds is 3. The second kappa shape index (κ2) is 5.70. The molecule has 1 aromatic carbocycles. The summed E-state index contributed by atoms with van der Waals surface area (Å²) in [4.78, 5) is 12.5. The molecule has 0 radical (unpaired) electrons. The van der Waals surface area contributed by atoms with Gasteiger partial charge in [-0.25, -0.2) is 0 Å². The van der Waals surface area contributed by atoms with Crippen molar-refractivity contribution in [1.29, 1.82) is 0 Å². The van der Waals surface area contributed by atoms with Crippen molar-refractivity contribution in [2.75, 3.05) is 0 Å². The average molecular weight is 339 g/mol. The number of fused-ring (bicyclic) bond motifs is 2. The zero-order valence-electron chi connectivity index (χ0n) is 12.3. The largest absolute Gasteiger partial charge is 0.353 e. The minimum atomic E-state index is 0.102. The fourth-order valence-electron chi connectivity index (χ4n) is 4.08. The molecule has 3 nitrogen and oxygen atoms in total. The highest BCUT2D eigenvalue weighted by Gasteiger charge is 2.45. The first-order valence-electron chi connectivity index (χ1n) is 8.11. The molecule has 4 atom stereocenters. The van der Waals surface area contributed by atoms with Gasteiger partial charge >= 0.3 is 0 Å². The predicted octanol–water partition coefficient (Wildman–Crippen LogP) is 3.50. The number of piperidine rings is 1. The standard InChI is InChI=1S/C17H20Cl2N2O/c18-15-4-1-9(5-16(15)19)13-8-14(13)17(22)21-12-6-10-2-3-11(7-12)20-10/h1,4-5,10-14,20H,2-3,6-8H2,(H,21,22). The molecule has 1 saturated carbocycles. The summed E-state index contributed by atoms with van der Waals surface area (Å²) in [5.41, 5.74) is 1.12. The summed E-state index contributed by atoms with van der Waals surface area (Å²) < 4.78 is 0. The van der Waals surface area contributed by atoms with Gasteiger partial charge in [0.25, 0.3) is 0 Å². The average Bonchev–Trinajstić information content (AvgIpc) is 3.22. The fourth-order valence-corrected chi connectivity index (χ4v) is 4.39. The molecule has 4 rings (SSSR count). The number of benzene rings is 1. The van der Waals surface area contributed by atoms with Crippen LogP contribution in [0.25, 0.3) is 0 Å². The van der Waals surface area contributed by atoms with E-state index in [1.807, 2.05) is 18.2 Å². The van der Waals surface area contributed by atoms with E-state index < -0.39 is 0 Å². The van der Waals surface area contributed by atoms with E-state index in [0.29, 0.717) is 34.1 Å². The molecule has 0 spiro atoms. The molecule has 2 N–H and O–H groups in total. The Morgan fingerprint density at radius 2 is 1.82 bits per heavy atom. The molecule has 1 amide bonds. The number of carbonyl (C=O) groups excluding carboxylic acids is 1. The van der Waals surface area contributed by atoms with Gasteiger partial charge in [0.1, 0.15) is 0 Å². The monoisotopic (exact) mass is 338 g/mol. The van der Waals surface area contributed by atoms with Gasteiger partial charge in [-0.15, -0.1) is 0 Å². The number of nitrogens with one attached hydrogen (secondary N) is 2. The highest BCUT2D eigenvalue weighted by atomic mass is 35.5. The van der Waals surface area contributed by atoms with Crippen LogP contribution in [-0.4, -0.2) is 24.0 Å². The van der Waals surface area contributed by atoms with Crippen LogP contribution in [0, 0.1) is 5.92 Å². The van der Waals surface area contributed by atoms with E-state index in [1.165, 1.54) is 12.8 Å². The first-order chi connectivity index (χ1) is 10.6. The number of hydrogen-bond donors (Lipinski definition) is 2. The second-order valence-electron chi connectivity index (χ2n) is 6.94. The molecule has 0 aromatic heterocycles. The van der Waals surface area contributed by atoms with Crippen molar-refractivity contribution in [3.05, 3.63) is 33.8 Å². The maximum atomic E-state index is 12.5. The van der Waals surface area contributed by atoms with Crippen molar-refractivity contribution in [2.45, 2.75) is 56.1 Å². The van der Waals surface area contributed by atoms with Gasteiger partial charge in [-0.3, -0.25) is 4.79 Å². The molecule has 5 heteroatoms. The zero-order valence-corrected chi connectivity index (χ0v) is 13.8. The maximum absolute atomic E-state index is 12.5. The lowest BCUT2D eigenvalue weighted by Gasteiger charge is -2.29. The molecule has 2 heterocycles. The van der Waals surface area contributed by atoms with Gasteiger partial charge in [-0.05, 0) is 55.7 Å². The minimum absolute atomic E-state index is 0.102. The summed E-state index contributed by atoms with van der Waals surface area (Å²) in [6.45, 7) is 0. The van der Waals surface area contributed by atoms with Gasteiger partial charge in [-0.1, -0.05) is 29.3 Å². The van der Waals surface area contributed by atoms with Gasteiger partial charge in [0.2, 0.25) is 5.91 Å². The lowest BCUT2D eigenvalue weighted by molar-refractivity contribution is -0.123. The van der Waals surface area contributed by atoms with Gasteiger partial charge in [0.05, 0.1) is 10.0 Å². The lowest BCUT2D eigenvalue weighted by Crippen LogP contribution is -2.48. The molecular weight excluding hydrogens is 319 g/mol. The van der Waals surface area contributed by atoms with E-state index in [-0.39, 0.29) is 11.8 Å². The molecule has 2 saturated heterocycles. The van der Waals surface area contributed by atoms with Crippen molar-refractivity contribution in [2.24, 2.45) is 5.92 Å². The van der Waals surface area contributed by atoms with Crippen LogP contribution in [0.3, 0.4) is 0 Å². The normalized spacial score (nSPS) is 36.2. The Bertz CT molecular complexity index is 594. The Morgan fingerprint density at radius 3 is 2.50 bits per heavy atom. The molecule has 3 fully saturated rings. The molecule has 118 valence electrons. The van der Waals surface area contributed by atoms with Crippen molar-refractivity contribution in [1.82, 2.24) is 10.6 Å². The molecule has 4 unspecified atom stereocenters. The van der Waals surface area contributed by atoms with Crippen LogP contribution < -0.4 is 10.6 Å². The first kappa shape index (κ1) is 14.8. The Labute approximate surface area is 140 Å². The molecule has 22 heavy (non-hydrogen) atoms. The van der Waals surface area contributed by atoms with Crippen LogP contribution >= 0.6 is 23.2 Å². The van der Waals surface area contributed by atoms with Gasteiger partial charge in [0, 0.05) is 24.0 Å². The van der Waals surface area contributed by atoms with Crippen LogP contribution in [0.2, 0.25) is 10.0 Å². The summed E-state index contributed by atoms with van der Waals surface area (Å²) in [5, 5.41) is 8.01. The van der Waals surface area contributed by atoms with E-state index >= 15 is 0 Å². The SMILES string of the molecule is O=C(NC1CC2CCC(C1)N2)C1CC1c1ccc(Cl)c(Cl)c1. The van der Waals surface area contributed by atoms with Crippen molar-refractivity contribution in [3.8, 4) is 0 Å². The molecule has 1 aromatic rings. The van der Waals surface area contributed by atoms with Gasteiger partial charge in [-0.2, -0.15) is 0 Å². The van der Waals surface area contributed by atoms with Crippen LogP contribution in [0.15, 0.2) is 18.2 Å². The Kier molecular flexibility index (Phi) is 3.83. The molecular formula is C17H20Cl2N2O. The summed E-state index contributed by atoms with van der Waals surface area (Å²) in [5.74, 6) is 0.611. The van der Waals surface area contributed by atoms with Gasteiger partial charge in [0.15, 0.2) is 0 Å².